The Bertz CT molecular complexity index is 314. The Morgan fingerprint density at radius 1 is 1.62 bits per heavy atom. The van der Waals surface area contributed by atoms with Crippen molar-refractivity contribution in [3.63, 3.8) is 0 Å². The number of hydrogen-bond donors (Lipinski definition) is 0. The third-order valence-corrected chi connectivity index (χ3v) is 1.98. The van der Waals surface area contributed by atoms with Crippen LogP contribution in [0.2, 0.25) is 0 Å². The van der Waals surface area contributed by atoms with Crippen LogP contribution in [0.1, 0.15) is 12.6 Å². The van der Waals surface area contributed by atoms with Crippen molar-refractivity contribution in [2.75, 3.05) is 13.4 Å². The van der Waals surface area contributed by atoms with Crippen LogP contribution in [-0.2, 0) is 4.84 Å². The Morgan fingerprint density at radius 2 is 2.38 bits per heavy atom. The Hall–Kier alpha value is -1.10. The minimum Gasteiger partial charge on any atom is -0.399 e. The van der Waals surface area contributed by atoms with Crippen molar-refractivity contribution in [2.24, 2.45) is 5.16 Å². The second-order valence-corrected chi connectivity index (χ2v) is 3.06. The molecule has 0 aliphatic carbocycles. The summed E-state index contributed by atoms with van der Waals surface area (Å²) >= 11 is 1.50. The predicted octanol–water partition coefficient (Wildman–Crippen LogP) is 1.57. The van der Waals surface area contributed by atoms with Crippen LogP contribution in [0.5, 0.6) is 0 Å². The summed E-state index contributed by atoms with van der Waals surface area (Å²) in [5, 5.41) is 4.53. The van der Waals surface area contributed by atoms with Crippen molar-refractivity contribution in [2.45, 2.75) is 12.1 Å². The van der Waals surface area contributed by atoms with Gasteiger partial charge in [-0.05, 0) is 19.2 Å². The van der Waals surface area contributed by atoms with Gasteiger partial charge in [-0.2, -0.15) is 0 Å². The van der Waals surface area contributed by atoms with Gasteiger partial charge >= 0.3 is 0 Å². The first kappa shape index (κ1) is 9.98. The minimum atomic E-state index is 0.739. The lowest BCUT2D eigenvalue weighted by molar-refractivity contribution is 0.213. The fourth-order valence-electron chi connectivity index (χ4n) is 0.824. The highest BCUT2D eigenvalue weighted by molar-refractivity contribution is 7.98. The molecule has 0 amide bonds. The van der Waals surface area contributed by atoms with Crippen LogP contribution in [0, 0.1) is 0 Å². The second kappa shape index (κ2) is 4.81. The first-order valence-electron chi connectivity index (χ1n) is 3.73. The maximum atomic E-state index is 4.65. The van der Waals surface area contributed by atoms with Gasteiger partial charge in [0.05, 0.1) is 5.69 Å². The fourth-order valence-corrected chi connectivity index (χ4v) is 1.18. The van der Waals surface area contributed by atoms with Gasteiger partial charge in [0.15, 0.2) is 5.16 Å². The van der Waals surface area contributed by atoms with E-state index >= 15 is 0 Å². The van der Waals surface area contributed by atoms with Crippen molar-refractivity contribution in [1.82, 2.24) is 9.97 Å². The van der Waals surface area contributed by atoms with Crippen LogP contribution in [0.25, 0.3) is 0 Å². The molecule has 0 bridgehead atoms. The smallest absolute Gasteiger partial charge is 0.187 e. The molecule has 13 heavy (non-hydrogen) atoms. The quantitative estimate of drug-likeness (QED) is 0.319. The fraction of sp³-hybridized carbons (Fsp3) is 0.375. The van der Waals surface area contributed by atoms with Gasteiger partial charge in [0.25, 0.3) is 0 Å². The van der Waals surface area contributed by atoms with Gasteiger partial charge in [-0.25, -0.2) is 9.97 Å². The molecule has 0 saturated carbocycles. The lowest BCUT2D eigenvalue weighted by atomic mass is 10.3. The largest absolute Gasteiger partial charge is 0.399 e. The molecule has 1 heterocycles. The molecule has 0 atom stereocenters. The van der Waals surface area contributed by atoms with Gasteiger partial charge in [0.1, 0.15) is 12.8 Å². The average Bonchev–Trinajstić information content (AvgIpc) is 2.18. The lowest BCUT2D eigenvalue weighted by Crippen LogP contribution is -2.00. The normalized spacial score (nSPS) is 11.5. The van der Waals surface area contributed by atoms with Gasteiger partial charge in [0, 0.05) is 6.20 Å². The molecule has 4 nitrogen and oxygen atoms in total. The van der Waals surface area contributed by atoms with E-state index in [1.165, 1.54) is 18.9 Å². The van der Waals surface area contributed by atoms with Gasteiger partial charge in [0.2, 0.25) is 0 Å². The average molecular weight is 197 g/mol. The zero-order chi connectivity index (χ0) is 9.68. The van der Waals surface area contributed by atoms with E-state index in [-0.39, 0.29) is 0 Å². The second-order valence-electron chi connectivity index (χ2n) is 2.29. The molecule has 1 rings (SSSR count). The van der Waals surface area contributed by atoms with Gasteiger partial charge < -0.3 is 4.84 Å². The molecule has 0 fully saturated rings. The monoisotopic (exact) mass is 197 g/mol. The number of hydrogen-bond acceptors (Lipinski definition) is 5. The maximum absolute atomic E-state index is 4.65. The van der Waals surface area contributed by atoms with E-state index < -0.39 is 0 Å². The van der Waals surface area contributed by atoms with Gasteiger partial charge in [-0.1, -0.05) is 16.9 Å². The van der Waals surface area contributed by atoms with Crippen LogP contribution in [0.4, 0.5) is 0 Å². The summed E-state index contributed by atoms with van der Waals surface area (Å²) in [6.45, 7) is 1.84. The highest BCUT2D eigenvalue weighted by atomic mass is 32.2. The summed E-state index contributed by atoms with van der Waals surface area (Å²) < 4.78 is 0. The zero-order valence-electron chi connectivity index (χ0n) is 7.81. The van der Waals surface area contributed by atoms with E-state index in [0.717, 1.165) is 16.6 Å². The van der Waals surface area contributed by atoms with E-state index in [9.17, 15) is 0 Å². The van der Waals surface area contributed by atoms with E-state index in [1.807, 2.05) is 13.2 Å². The third-order valence-electron chi connectivity index (χ3n) is 1.41. The Morgan fingerprint density at radius 3 is 3.00 bits per heavy atom. The third kappa shape index (κ3) is 2.69. The molecule has 70 valence electrons. The van der Waals surface area contributed by atoms with Crippen molar-refractivity contribution in [3.8, 4) is 0 Å². The maximum Gasteiger partial charge on any atom is 0.187 e. The summed E-state index contributed by atoms with van der Waals surface area (Å²) in [5.41, 5.74) is 1.54. The molecule has 1 aromatic heterocycles. The molecule has 1 aromatic rings. The first-order chi connectivity index (χ1) is 6.27. The molecule has 0 aromatic carbocycles. The molecular formula is C8H11N3OS. The zero-order valence-corrected chi connectivity index (χ0v) is 8.63. The Kier molecular flexibility index (Phi) is 3.70. The van der Waals surface area contributed by atoms with Crippen LogP contribution >= 0.6 is 11.8 Å². The number of oxime groups is 1. The van der Waals surface area contributed by atoms with E-state index in [0.29, 0.717) is 0 Å². The van der Waals surface area contributed by atoms with Crippen molar-refractivity contribution in [1.29, 1.82) is 0 Å². The molecule has 0 saturated heterocycles. The summed E-state index contributed by atoms with van der Waals surface area (Å²) in [5.74, 6) is 0. The van der Waals surface area contributed by atoms with E-state index in [4.69, 9.17) is 0 Å². The minimum absolute atomic E-state index is 0.739. The molecule has 0 aliphatic rings. The number of rotatable bonds is 3. The molecule has 0 radical (unpaired) electrons. The highest BCUT2D eigenvalue weighted by Gasteiger charge is 2.01. The predicted molar refractivity (Wildman–Crippen MR) is 53.0 cm³/mol. The van der Waals surface area contributed by atoms with E-state index in [1.54, 1.807) is 12.3 Å². The summed E-state index contributed by atoms with van der Waals surface area (Å²) in [6.07, 6.45) is 3.64. The van der Waals surface area contributed by atoms with Crippen LogP contribution < -0.4 is 0 Å². The Balaban J connectivity index is 2.94. The van der Waals surface area contributed by atoms with Crippen LogP contribution in [-0.4, -0.2) is 29.0 Å². The highest BCUT2D eigenvalue weighted by Crippen LogP contribution is 2.08. The topological polar surface area (TPSA) is 47.4 Å². The number of thioether (sulfide) groups is 1. The summed E-state index contributed by atoms with van der Waals surface area (Å²) in [7, 11) is 1.51. The van der Waals surface area contributed by atoms with Crippen molar-refractivity contribution < 1.29 is 4.84 Å². The molecule has 0 N–H and O–H groups in total. The van der Waals surface area contributed by atoms with Crippen LogP contribution in [0.15, 0.2) is 22.6 Å². The Labute approximate surface area is 81.4 Å². The first-order valence-corrected chi connectivity index (χ1v) is 4.95. The summed E-state index contributed by atoms with van der Waals surface area (Å²) in [6, 6.07) is 1.80. The summed E-state index contributed by atoms with van der Waals surface area (Å²) in [4.78, 5) is 13.0. The number of aromatic nitrogens is 2. The van der Waals surface area contributed by atoms with Crippen LogP contribution in [0.3, 0.4) is 0 Å². The SMILES string of the molecule is CON=C(C)c1ccnc(SC)n1. The van der Waals surface area contributed by atoms with Crippen molar-refractivity contribution >= 4 is 17.5 Å². The molecule has 0 unspecified atom stereocenters. The van der Waals surface area contributed by atoms with E-state index in [2.05, 4.69) is 20.0 Å². The lowest BCUT2D eigenvalue weighted by Gasteiger charge is -1.99. The van der Waals surface area contributed by atoms with Crippen molar-refractivity contribution in [3.05, 3.63) is 18.0 Å². The number of nitrogens with zero attached hydrogens (tertiary/aromatic N) is 3. The molecular weight excluding hydrogens is 186 g/mol. The standard InChI is InChI=1S/C8H11N3OS/c1-6(11-12-2)7-4-5-9-8(10-7)13-3/h4-5H,1-3H3. The molecule has 0 spiro atoms. The molecule has 5 heteroatoms. The van der Waals surface area contributed by atoms with Gasteiger partial charge in [-0.15, -0.1) is 0 Å². The molecule has 0 aliphatic heterocycles. The van der Waals surface area contributed by atoms with Gasteiger partial charge in [-0.3, -0.25) is 0 Å².